The molecule has 0 aromatic heterocycles. The first kappa shape index (κ1) is 21.3. The molecule has 0 spiro atoms. The third-order valence-corrected chi connectivity index (χ3v) is 5.99. The molecule has 0 N–H and O–H groups in total. The predicted octanol–water partition coefficient (Wildman–Crippen LogP) is 2.79. The summed E-state index contributed by atoms with van der Waals surface area (Å²) in [7, 11) is 0. The van der Waals surface area contributed by atoms with Crippen LogP contribution in [-0.4, -0.2) is 47.9 Å². The van der Waals surface area contributed by atoms with Crippen molar-refractivity contribution in [3.05, 3.63) is 35.5 Å². The van der Waals surface area contributed by atoms with Crippen molar-refractivity contribution >= 4 is 17.9 Å². The van der Waals surface area contributed by atoms with E-state index in [2.05, 4.69) is 6.58 Å². The lowest BCUT2D eigenvalue weighted by Gasteiger charge is -2.29. The van der Waals surface area contributed by atoms with Crippen LogP contribution < -0.4 is 0 Å². The highest BCUT2D eigenvalue weighted by atomic mass is 16.6. The van der Waals surface area contributed by atoms with Crippen LogP contribution in [0.25, 0.3) is 0 Å². The molecule has 3 rings (SSSR count). The SMILES string of the molecule is C=C1C(=O)O[C@@H]2/C=C(/C)C(OC(C)=O)C[C@H]3O[C@@]3(C)CC(OC(=O)/C(C)=C\C)[C@@H]12. The summed E-state index contributed by atoms with van der Waals surface area (Å²) in [5, 5.41) is 0. The molecule has 0 amide bonds. The number of allylic oxidation sites excluding steroid dienone is 1. The minimum absolute atomic E-state index is 0.151. The molecule has 3 aliphatic rings. The second-order valence-corrected chi connectivity index (χ2v) is 8.20. The maximum Gasteiger partial charge on any atom is 0.334 e. The van der Waals surface area contributed by atoms with E-state index in [9.17, 15) is 14.4 Å². The van der Waals surface area contributed by atoms with Crippen molar-refractivity contribution in [2.24, 2.45) is 5.92 Å². The van der Waals surface area contributed by atoms with E-state index in [1.807, 2.05) is 13.8 Å². The molecule has 0 aromatic carbocycles. The van der Waals surface area contributed by atoms with Crippen molar-refractivity contribution in [2.45, 2.75) is 77.5 Å². The van der Waals surface area contributed by atoms with Crippen LogP contribution in [0.1, 0.15) is 47.5 Å². The highest BCUT2D eigenvalue weighted by Gasteiger charge is 2.58. The summed E-state index contributed by atoms with van der Waals surface area (Å²) < 4.78 is 22.7. The Morgan fingerprint density at radius 2 is 2.00 bits per heavy atom. The maximum absolute atomic E-state index is 12.5. The third kappa shape index (κ3) is 4.29. The Labute approximate surface area is 170 Å². The van der Waals surface area contributed by atoms with E-state index in [0.29, 0.717) is 18.4 Å². The van der Waals surface area contributed by atoms with Crippen LogP contribution in [0.3, 0.4) is 0 Å². The number of carbonyl (C=O) groups is 3. The monoisotopic (exact) mass is 404 g/mol. The second-order valence-electron chi connectivity index (χ2n) is 8.20. The lowest BCUT2D eigenvalue weighted by atomic mass is 9.82. The summed E-state index contributed by atoms with van der Waals surface area (Å²) in [4.78, 5) is 36.3. The van der Waals surface area contributed by atoms with Gasteiger partial charge in [0, 0.05) is 30.9 Å². The molecule has 2 aliphatic heterocycles. The number of hydrogen-bond donors (Lipinski definition) is 0. The van der Waals surface area contributed by atoms with Crippen LogP contribution in [0.15, 0.2) is 35.5 Å². The summed E-state index contributed by atoms with van der Waals surface area (Å²) in [6.45, 7) is 12.4. The van der Waals surface area contributed by atoms with Gasteiger partial charge >= 0.3 is 17.9 Å². The number of rotatable bonds is 3. The average molecular weight is 404 g/mol. The first-order valence-electron chi connectivity index (χ1n) is 9.82. The molecule has 2 unspecified atom stereocenters. The van der Waals surface area contributed by atoms with Crippen molar-refractivity contribution in [2.75, 3.05) is 0 Å². The number of fused-ring (bicyclic) bond motifs is 2. The van der Waals surface area contributed by atoms with Gasteiger partial charge in [-0.15, -0.1) is 0 Å². The average Bonchev–Trinajstić information content (AvgIpc) is 3.17. The molecule has 0 bridgehead atoms. The molecule has 7 heteroatoms. The topological polar surface area (TPSA) is 91.4 Å². The van der Waals surface area contributed by atoms with Gasteiger partial charge in [0.05, 0.1) is 17.6 Å². The summed E-state index contributed by atoms with van der Waals surface area (Å²) in [5.41, 5.74) is 0.948. The van der Waals surface area contributed by atoms with Crippen LogP contribution in [0.5, 0.6) is 0 Å². The quantitative estimate of drug-likeness (QED) is 0.235. The zero-order chi connectivity index (χ0) is 21.5. The zero-order valence-corrected chi connectivity index (χ0v) is 17.5. The van der Waals surface area contributed by atoms with Gasteiger partial charge in [0.1, 0.15) is 18.3 Å². The normalized spacial score (nSPS) is 38.7. The maximum atomic E-state index is 12.5. The molecule has 2 fully saturated rings. The third-order valence-electron chi connectivity index (χ3n) is 5.99. The van der Waals surface area contributed by atoms with Crippen LogP contribution in [0.4, 0.5) is 0 Å². The Hall–Kier alpha value is -2.41. The largest absolute Gasteiger partial charge is 0.458 e. The number of hydrogen-bond acceptors (Lipinski definition) is 7. The van der Waals surface area contributed by atoms with Crippen molar-refractivity contribution in [3.63, 3.8) is 0 Å². The van der Waals surface area contributed by atoms with Crippen LogP contribution in [0, 0.1) is 5.92 Å². The van der Waals surface area contributed by atoms with Gasteiger partial charge in [-0.05, 0) is 39.3 Å². The van der Waals surface area contributed by atoms with Crippen molar-refractivity contribution in [1.29, 1.82) is 0 Å². The molecule has 0 saturated carbocycles. The van der Waals surface area contributed by atoms with Gasteiger partial charge in [0.2, 0.25) is 0 Å². The minimum Gasteiger partial charge on any atom is -0.458 e. The Bertz CT molecular complexity index is 808. The van der Waals surface area contributed by atoms with E-state index < -0.39 is 41.8 Å². The Morgan fingerprint density at radius 1 is 1.31 bits per heavy atom. The molecule has 2 heterocycles. The molecule has 158 valence electrons. The predicted molar refractivity (Wildman–Crippen MR) is 104 cm³/mol. The minimum atomic E-state index is -0.657. The van der Waals surface area contributed by atoms with Gasteiger partial charge in [-0.3, -0.25) is 4.79 Å². The van der Waals surface area contributed by atoms with E-state index >= 15 is 0 Å². The summed E-state index contributed by atoms with van der Waals surface area (Å²) in [5.74, 6) is -1.89. The van der Waals surface area contributed by atoms with Gasteiger partial charge in [0.15, 0.2) is 0 Å². The van der Waals surface area contributed by atoms with E-state index in [1.165, 1.54) is 6.92 Å². The number of epoxide rings is 1. The standard InChI is InChI=1S/C22H28O7/c1-7-11(2)20(24)28-17-10-22(6)18(29-22)9-15(26-14(5)23)12(3)8-16-19(17)13(4)21(25)27-16/h7-8,15-19H,4,9-10H2,1-3,5-6H3/b11-7-,12-8-/t15?,16-,17?,18-,19+,22+/m1/s1. The molecule has 6 atom stereocenters. The van der Waals surface area contributed by atoms with Gasteiger partial charge in [-0.25, -0.2) is 9.59 Å². The highest BCUT2D eigenvalue weighted by Crippen LogP contribution is 2.48. The molecular formula is C22H28O7. The molecule has 7 nitrogen and oxygen atoms in total. The van der Waals surface area contributed by atoms with Gasteiger partial charge < -0.3 is 18.9 Å². The van der Waals surface area contributed by atoms with Crippen molar-refractivity contribution in [3.8, 4) is 0 Å². The van der Waals surface area contributed by atoms with Crippen LogP contribution >= 0.6 is 0 Å². The van der Waals surface area contributed by atoms with Crippen LogP contribution in [-0.2, 0) is 33.3 Å². The van der Waals surface area contributed by atoms with Gasteiger partial charge in [0.25, 0.3) is 0 Å². The summed E-state index contributed by atoms with van der Waals surface area (Å²) >= 11 is 0. The fraction of sp³-hybridized carbons (Fsp3) is 0.591. The number of carbonyl (C=O) groups excluding carboxylic acids is 3. The second kappa shape index (κ2) is 7.78. The molecule has 0 aromatic rings. The highest BCUT2D eigenvalue weighted by molar-refractivity contribution is 5.92. The fourth-order valence-corrected chi connectivity index (χ4v) is 4.03. The Kier molecular flexibility index (Phi) is 5.72. The molecular weight excluding hydrogens is 376 g/mol. The number of ether oxygens (including phenoxy) is 4. The van der Waals surface area contributed by atoms with E-state index in [4.69, 9.17) is 18.9 Å². The first-order chi connectivity index (χ1) is 13.6. The lowest BCUT2D eigenvalue weighted by Crippen LogP contribution is -2.38. The Morgan fingerprint density at radius 3 is 2.62 bits per heavy atom. The Balaban J connectivity index is 1.99. The summed E-state index contributed by atoms with van der Waals surface area (Å²) in [6, 6.07) is 0. The lowest BCUT2D eigenvalue weighted by molar-refractivity contribution is -0.149. The zero-order valence-electron chi connectivity index (χ0n) is 17.5. The van der Waals surface area contributed by atoms with E-state index in [-0.39, 0.29) is 17.6 Å². The summed E-state index contributed by atoms with van der Waals surface area (Å²) in [6.07, 6.45) is 2.40. The molecule has 0 radical (unpaired) electrons. The smallest absolute Gasteiger partial charge is 0.334 e. The molecule has 1 aliphatic carbocycles. The van der Waals surface area contributed by atoms with Crippen molar-refractivity contribution < 1.29 is 33.3 Å². The molecule has 29 heavy (non-hydrogen) atoms. The first-order valence-corrected chi connectivity index (χ1v) is 9.82. The van der Waals surface area contributed by atoms with E-state index in [0.717, 1.165) is 5.57 Å². The fourth-order valence-electron chi connectivity index (χ4n) is 4.03. The van der Waals surface area contributed by atoms with Crippen molar-refractivity contribution in [1.82, 2.24) is 0 Å². The van der Waals surface area contributed by atoms with E-state index in [1.54, 1.807) is 26.0 Å². The van der Waals surface area contributed by atoms with Gasteiger partial charge in [-0.2, -0.15) is 0 Å². The van der Waals surface area contributed by atoms with Crippen LogP contribution in [0.2, 0.25) is 0 Å². The molecule has 2 saturated heterocycles. The van der Waals surface area contributed by atoms with Gasteiger partial charge in [-0.1, -0.05) is 12.7 Å². The number of esters is 3.